The molecule has 1 heterocycles. The standard InChI is InChI=1S/C24H31N3O2/c1-5-25(6-2)23(28)20-10-12-21(13-11-20)24(29)27-16-14-26(15-17-27)22-9-7-8-18(3)19(22)4/h7-13H,5-6,14-17H2,1-4H3. The molecule has 0 aromatic heterocycles. The molecule has 5 heteroatoms. The first-order valence-electron chi connectivity index (χ1n) is 10.5. The zero-order valence-corrected chi connectivity index (χ0v) is 17.9. The zero-order chi connectivity index (χ0) is 21.0. The predicted octanol–water partition coefficient (Wildman–Crippen LogP) is 3.75. The number of carbonyl (C=O) groups excluding carboxylic acids is 2. The Balaban J connectivity index is 1.63. The lowest BCUT2D eigenvalue weighted by Crippen LogP contribution is -2.49. The van der Waals surface area contributed by atoms with E-state index in [-0.39, 0.29) is 11.8 Å². The molecule has 0 bridgehead atoms. The summed E-state index contributed by atoms with van der Waals surface area (Å²) in [5, 5.41) is 0. The topological polar surface area (TPSA) is 43.9 Å². The Morgan fingerprint density at radius 2 is 1.45 bits per heavy atom. The molecule has 2 aromatic carbocycles. The van der Waals surface area contributed by atoms with Crippen molar-refractivity contribution in [3.63, 3.8) is 0 Å². The smallest absolute Gasteiger partial charge is 0.253 e. The van der Waals surface area contributed by atoms with Crippen molar-refractivity contribution in [1.82, 2.24) is 9.80 Å². The number of amides is 2. The average Bonchev–Trinajstić information content (AvgIpc) is 2.76. The first-order valence-corrected chi connectivity index (χ1v) is 10.5. The van der Waals surface area contributed by atoms with Crippen LogP contribution in [0, 0.1) is 13.8 Å². The minimum atomic E-state index is 0.0103. The lowest BCUT2D eigenvalue weighted by molar-refractivity contribution is 0.0742. The van der Waals surface area contributed by atoms with Gasteiger partial charge in [-0.25, -0.2) is 0 Å². The van der Waals surface area contributed by atoms with Gasteiger partial charge in [-0.1, -0.05) is 12.1 Å². The normalized spacial score (nSPS) is 14.1. The van der Waals surface area contributed by atoms with Gasteiger partial charge in [-0.15, -0.1) is 0 Å². The van der Waals surface area contributed by atoms with Crippen molar-refractivity contribution in [1.29, 1.82) is 0 Å². The van der Waals surface area contributed by atoms with Crippen molar-refractivity contribution in [3.8, 4) is 0 Å². The SMILES string of the molecule is CCN(CC)C(=O)c1ccc(C(=O)N2CCN(c3cccc(C)c3C)CC2)cc1. The largest absolute Gasteiger partial charge is 0.368 e. The van der Waals surface area contributed by atoms with Gasteiger partial charge >= 0.3 is 0 Å². The van der Waals surface area contributed by atoms with Crippen molar-refractivity contribution in [2.75, 3.05) is 44.2 Å². The number of carbonyl (C=O) groups is 2. The molecule has 0 spiro atoms. The van der Waals surface area contributed by atoms with E-state index in [1.165, 1.54) is 16.8 Å². The van der Waals surface area contributed by atoms with Crippen molar-refractivity contribution in [3.05, 3.63) is 64.7 Å². The van der Waals surface area contributed by atoms with Gasteiger partial charge in [0.2, 0.25) is 0 Å². The van der Waals surface area contributed by atoms with Crippen molar-refractivity contribution in [2.24, 2.45) is 0 Å². The average molecular weight is 394 g/mol. The van der Waals surface area contributed by atoms with Crippen LogP contribution in [-0.2, 0) is 0 Å². The number of hydrogen-bond donors (Lipinski definition) is 0. The van der Waals surface area contributed by atoms with Crippen molar-refractivity contribution >= 4 is 17.5 Å². The van der Waals surface area contributed by atoms with Gasteiger partial charge < -0.3 is 14.7 Å². The van der Waals surface area contributed by atoms with Crippen LogP contribution in [-0.4, -0.2) is 60.9 Å². The molecule has 5 nitrogen and oxygen atoms in total. The van der Waals surface area contributed by atoms with Gasteiger partial charge in [-0.3, -0.25) is 9.59 Å². The van der Waals surface area contributed by atoms with Gasteiger partial charge in [0.05, 0.1) is 0 Å². The quantitative estimate of drug-likeness (QED) is 0.777. The van der Waals surface area contributed by atoms with Gasteiger partial charge in [0, 0.05) is 56.1 Å². The third kappa shape index (κ3) is 4.44. The van der Waals surface area contributed by atoms with Crippen molar-refractivity contribution in [2.45, 2.75) is 27.7 Å². The molecule has 2 amide bonds. The number of piperazine rings is 1. The molecule has 0 N–H and O–H groups in total. The summed E-state index contributed by atoms with van der Waals surface area (Å²) in [5.41, 5.74) is 5.13. The van der Waals surface area contributed by atoms with Gasteiger partial charge in [-0.05, 0) is 69.2 Å². The van der Waals surface area contributed by atoms with Crippen LogP contribution in [0.15, 0.2) is 42.5 Å². The fraction of sp³-hybridized carbons (Fsp3) is 0.417. The Kier molecular flexibility index (Phi) is 6.57. The number of rotatable bonds is 5. The minimum Gasteiger partial charge on any atom is -0.368 e. The summed E-state index contributed by atoms with van der Waals surface area (Å²) in [6, 6.07) is 13.5. The van der Waals surface area contributed by atoms with Crippen LogP contribution in [0.2, 0.25) is 0 Å². The van der Waals surface area contributed by atoms with E-state index in [0.717, 1.165) is 13.1 Å². The second-order valence-corrected chi connectivity index (χ2v) is 7.55. The number of aryl methyl sites for hydroxylation is 1. The fourth-order valence-corrected chi connectivity index (χ4v) is 3.86. The van der Waals surface area contributed by atoms with Crippen LogP contribution < -0.4 is 4.90 Å². The maximum atomic E-state index is 12.9. The monoisotopic (exact) mass is 393 g/mol. The summed E-state index contributed by atoms with van der Waals surface area (Å²) >= 11 is 0. The van der Waals surface area contributed by atoms with E-state index in [1.54, 1.807) is 29.2 Å². The summed E-state index contributed by atoms with van der Waals surface area (Å²) < 4.78 is 0. The summed E-state index contributed by atoms with van der Waals surface area (Å²) in [6.07, 6.45) is 0. The highest BCUT2D eigenvalue weighted by Gasteiger charge is 2.23. The molecule has 1 aliphatic rings. The molecule has 3 rings (SSSR count). The van der Waals surface area contributed by atoms with E-state index in [9.17, 15) is 9.59 Å². The molecule has 0 radical (unpaired) electrons. The lowest BCUT2D eigenvalue weighted by Gasteiger charge is -2.37. The second kappa shape index (κ2) is 9.12. The molecule has 0 aliphatic carbocycles. The molecule has 2 aromatic rings. The molecule has 0 unspecified atom stereocenters. The second-order valence-electron chi connectivity index (χ2n) is 7.55. The maximum absolute atomic E-state index is 12.9. The third-order valence-corrected chi connectivity index (χ3v) is 5.91. The van der Waals surface area contributed by atoms with E-state index in [0.29, 0.717) is 37.3 Å². The first kappa shape index (κ1) is 20.9. The highest BCUT2D eigenvalue weighted by Crippen LogP contribution is 2.24. The molecule has 1 saturated heterocycles. The third-order valence-electron chi connectivity index (χ3n) is 5.91. The summed E-state index contributed by atoms with van der Waals surface area (Å²) in [4.78, 5) is 31.4. The van der Waals surface area contributed by atoms with Crippen LogP contribution in [0.5, 0.6) is 0 Å². The molecular formula is C24H31N3O2. The summed E-state index contributed by atoms with van der Waals surface area (Å²) in [6.45, 7) is 12.6. The number of benzene rings is 2. The molecule has 0 atom stereocenters. The minimum absolute atomic E-state index is 0.0103. The Labute approximate surface area is 173 Å². The molecule has 154 valence electrons. The van der Waals surface area contributed by atoms with Gasteiger partial charge in [0.1, 0.15) is 0 Å². The van der Waals surface area contributed by atoms with Gasteiger partial charge in [-0.2, -0.15) is 0 Å². The molecular weight excluding hydrogens is 362 g/mol. The first-order chi connectivity index (χ1) is 14.0. The van der Waals surface area contributed by atoms with Crippen LogP contribution in [0.3, 0.4) is 0 Å². The van der Waals surface area contributed by atoms with Crippen LogP contribution in [0.4, 0.5) is 5.69 Å². The number of nitrogens with zero attached hydrogens (tertiary/aromatic N) is 3. The van der Waals surface area contributed by atoms with Gasteiger partial charge in [0.15, 0.2) is 0 Å². The number of anilines is 1. The van der Waals surface area contributed by atoms with Crippen molar-refractivity contribution < 1.29 is 9.59 Å². The highest BCUT2D eigenvalue weighted by molar-refractivity contribution is 5.98. The summed E-state index contributed by atoms with van der Waals surface area (Å²) in [5.74, 6) is 0.0450. The molecule has 29 heavy (non-hydrogen) atoms. The molecule has 1 fully saturated rings. The number of hydrogen-bond acceptors (Lipinski definition) is 3. The molecule has 0 saturated carbocycles. The Bertz CT molecular complexity index is 864. The van der Waals surface area contributed by atoms with Crippen LogP contribution in [0.1, 0.15) is 45.7 Å². The van der Waals surface area contributed by atoms with Crippen LogP contribution in [0.25, 0.3) is 0 Å². The zero-order valence-electron chi connectivity index (χ0n) is 17.9. The maximum Gasteiger partial charge on any atom is 0.253 e. The van der Waals surface area contributed by atoms with Crippen LogP contribution >= 0.6 is 0 Å². The molecule has 1 aliphatic heterocycles. The Morgan fingerprint density at radius 3 is 2.03 bits per heavy atom. The van der Waals surface area contributed by atoms with E-state index in [2.05, 4.69) is 36.9 Å². The van der Waals surface area contributed by atoms with Gasteiger partial charge in [0.25, 0.3) is 11.8 Å². The Hall–Kier alpha value is -2.82. The van der Waals surface area contributed by atoms with E-state index in [4.69, 9.17) is 0 Å². The lowest BCUT2D eigenvalue weighted by atomic mass is 10.1. The Morgan fingerprint density at radius 1 is 0.862 bits per heavy atom. The van der Waals surface area contributed by atoms with E-state index < -0.39 is 0 Å². The van der Waals surface area contributed by atoms with E-state index in [1.807, 2.05) is 18.7 Å². The van der Waals surface area contributed by atoms with E-state index >= 15 is 0 Å². The highest BCUT2D eigenvalue weighted by atomic mass is 16.2. The predicted molar refractivity (Wildman–Crippen MR) is 118 cm³/mol. The summed E-state index contributed by atoms with van der Waals surface area (Å²) in [7, 11) is 0. The fourth-order valence-electron chi connectivity index (χ4n) is 3.86.